The molecule has 1 amide bonds. The molecule has 1 aliphatic carbocycles. The second-order valence-corrected chi connectivity index (χ2v) is 10.1. The van der Waals surface area contributed by atoms with Crippen LogP contribution < -0.4 is 10.2 Å². The van der Waals surface area contributed by atoms with Crippen LogP contribution in [0.25, 0.3) is 0 Å². The van der Waals surface area contributed by atoms with Crippen molar-refractivity contribution in [3.63, 3.8) is 0 Å². The molecule has 0 radical (unpaired) electrons. The van der Waals surface area contributed by atoms with Gasteiger partial charge in [-0.05, 0) is 87.3 Å². The standard InChI is InChI=1S/C28H33F3N2O3/c1-18-5-12-24(27(35)36)21(17-18)7-6-19-3-2-4-25(19)32-26(34)20-13-15-33(16-14-20)23-10-8-22(9-11-23)28(29,30)31/h5,8-12,17,19-20,25H,2-4,6-7,13-16H2,1H3,(H,32,34)(H,35,36)/t19?,25-/m0/s1. The molecule has 0 aromatic heterocycles. The van der Waals surface area contributed by atoms with E-state index in [0.717, 1.165) is 54.6 Å². The zero-order chi connectivity index (χ0) is 25.9. The highest BCUT2D eigenvalue weighted by atomic mass is 19.4. The number of amides is 1. The van der Waals surface area contributed by atoms with Crippen molar-refractivity contribution in [1.29, 1.82) is 0 Å². The molecule has 2 atom stereocenters. The van der Waals surface area contributed by atoms with Gasteiger partial charge in [0.15, 0.2) is 0 Å². The molecule has 1 heterocycles. The number of halogens is 3. The number of rotatable bonds is 7. The lowest BCUT2D eigenvalue weighted by Crippen LogP contribution is -2.45. The number of carboxylic acids is 1. The number of aromatic carboxylic acids is 1. The van der Waals surface area contributed by atoms with Crippen LogP contribution >= 0.6 is 0 Å². The molecule has 1 saturated heterocycles. The van der Waals surface area contributed by atoms with Crippen LogP contribution in [0.3, 0.4) is 0 Å². The quantitative estimate of drug-likeness (QED) is 0.499. The van der Waals surface area contributed by atoms with Crippen molar-refractivity contribution >= 4 is 17.6 Å². The Balaban J connectivity index is 1.28. The summed E-state index contributed by atoms with van der Waals surface area (Å²) in [6.45, 7) is 3.21. The monoisotopic (exact) mass is 502 g/mol. The Morgan fingerprint density at radius 3 is 2.36 bits per heavy atom. The maximum absolute atomic E-state index is 13.0. The lowest BCUT2D eigenvalue weighted by Gasteiger charge is -2.34. The van der Waals surface area contributed by atoms with Gasteiger partial charge in [0.1, 0.15) is 0 Å². The fraction of sp³-hybridized carbons (Fsp3) is 0.500. The maximum Gasteiger partial charge on any atom is 0.416 e. The van der Waals surface area contributed by atoms with E-state index in [1.165, 1.54) is 12.1 Å². The van der Waals surface area contributed by atoms with Crippen LogP contribution in [0.15, 0.2) is 42.5 Å². The molecule has 5 nitrogen and oxygen atoms in total. The SMILES string of the molecule is Cc1ccc(C(=O)O)c(CCC2CCC[C@@H]2NC(=O)C2CCN(c3ccc(C(F)(F)F)cc3)CC2)c1. The van der Waals surface area contributed by atoms with Crippen LogP contribution in [0, 0.1) is 18.8 Å². The number of carboxylic acid groups (broad SMARTS) is 1. The van der Waals surface area contributed by atoms with E-state index in [1.807, 2.05) is 24.0 Å². The van der Waals surface area contributed by atoms with Crippen molar-refractivity contribution in [2.45, 2.75) is 64.1 Å². The zero-order valence-corrected chi connectivity index (χ0v) is 20.5. The van der Waals surface area contributed by atoms with Gasteiger partial charge in [0.25, 0.3) is 0 Å². The summed E-state index contributed by atoms with van der Waals surface area (Å²) in [5, 5.41) is 12.8. The van der Waals surface area contributed by atoms with Gasteiger partial charge in [-0.3, -0.25) is 4.79 Å². The number of nitrogens with one attached hydrogen (secondary N) is 1. The van der Waals surface area contributed by atoms with Crippen molar-refractivity contribution in [2.75, 3.05) is 18.0 Å². The van der Waals surface area contributed by atoms with E-state index in [2.05, 4.69) is 5.32 Å². The van der Waals surface area contributed by atoms with Crippen LogP contribution in [-0.2, 0) is 17.4 Å². The minimum Gasteiger partial charge on any atom is -0.478 e. The Labute approximate surface area is 209 Å². The Morgan fingerprint density at radius 2 is 1.72 bits per heavy atom. The van der Waals surface area contributed by atoms with Crippen molar-refractivity contribution in [2.24, 2.45) is 11.8 Å². The van der Waals surface area contributed by atoms with Crippen molar-refractivity contribution < 1.29 is 27.9 Å². The van der Waals surface area contributed by atoms with E-state index in [0.29, 0.717) is 43.8 Å². The molecule has 0 spiro atoms. The van der Waals surface area contributed by atoms with Gasteiger partial charge in [0, 0.05) is 30.7 Å². The van der Waals surface area contributed by atoms with Crippen molar-refractivity contribution in [3.8, 4) is 0 Å². The van der Waals surface area contributed by atoms with E-state index >= 15 is 0 Å². The first-order valence-electron chi connectivity index (χ1n) is 12.7. The molecular formula is C28H33F3N2O3. The van der Waals surface area contributed by atoms with Gasteiger partial charge in [0.2, 0.25) is 5.91 Å². The van der Waals surface area contributed by atoms with E-state index in [4.69, 9.17) is 0 Å². The second kappa shape index (κ2) is 10.9. The Bertz CT molecular complexity index is 1080. The lowest BCUT2D eigenvalue weighted by molar-refractivity contribution is -0.137. The minimum atomic E-state index is -4.35. The van der Waals surface area contributed by atoms with Crippen LogP contribution in [-0.4, -0.2) is 36.1 Å². The molecule has 1 saturated carbocycles. The fourth-order valence-electron chi connectivity index (χ4n) is 5.61. The normalized spacial score (nSPS) is 20.9. The predicted molar refractivity (Wildman–Crippen MR) is 132 cm³/mol. The Kier molecular flexibility index (Phi) is 7.91. The molecular weight excluding hydrogens is 469 g/mol. The molecule has 1 aliphatic heterocycles. The third kappa shape index (κ3) is 6.20. The average Bonchev–Trinajstić information content (AvgIpc) is 3.29. The molecule has 194 valence electrons. The van der Waals surface area contributed by atoms with Gasteiger partial charge < -0.3 is 15.3 Å². The molecule has 2 aromatic carbocycles. The van der Waals surface area contributed by atoms with E-state index in [9.17, 15) is 27.9 Å². The second-order valence-electron chi connectivity index (χ2n) is 10.1. The van der Waals surface area contributed by atoms with Crippen LogP contribution in [0.1, 0.15) is 65.6 Å². The predicted octanol–water partition coefficient (Wildman–Crippen LogP) is 5.85. The molecule has 36 heavy (non-hydrogen) atoms. The fourth-order valence-corrected chi connectivity index (χ4v) is 5.61. The number of benzene rings is 2. The largest absolute Gasteiger partial charge is 0.478 e. The van der Waals surface area contributed by atoms with Crippen LogP contribution in [0.5, 0.6) is 0 Å². The summed E-state index contributed by atoms with van der Waals surface area (Å²) < 4.78 is 38.4. The number of hydrogen-bond acceptors (Lipinski definition) is 3. The van der Waals surface area contributed by atoms with Gasteiger partial charge in [-0.25, -0.2) is 4.79 Å². The van der Waals surface area contributed by atoms with Gasteiger partial charge in [0.05, 0.1) is 11.1 Å². The number of hydrogen-bond donors (Lipinski definition) is 2. The lowest BCUT2D eigenvalue weighted by atomic mass is 9.91. The van der Waals surface area contributed by atoms with E-state index < -0.39 is 17.7 Å². The molecule has 2 aliphatic rings. The molecule has 2 fully saturated rings. The third-order valence-electron chi connectivity index (χ3n) is 7.69. The van der Waals surface area contributed by atoms with Crippen LogP contribution in [0.2, 0.25) is 0 Å². The number of carbonyl (C=O) groups is 2. The maximum atomic E-state index is 13.0. The first-order chi connectivity index (χ1) is 17.1. The number of anilines is 1. The summed E-state index contributed by atoms with van der Waals surface area (Å²) in [6, 6.07) is 10.7. The Hall–Kier alpha value is -3.03. The zero-order valence-electron chi connectivity index (χ0n) is 20.5. The van der Waals surface area contributed by atoms with Crippen molar-refractivity contribution in [1.82, 2.24) is 5.32 Å². The highest BCUT2D eigenvalue weighted by Crippen LogP contribution is 2.33. The first kappa shape index (κ1) is 26.0. The Morgan fingerprint density at radius 1 is 1.03 bits per heavy atom. The summed E-state index contributed by atoms with van der Waals surface area (Å²) in [6.07, 6.45) is 1.48. The first-order valence-corrected chi connectivity index (χ1v) is 12.7. The average molecular weight is 503 g/mol. The van der Waals surface area contributed by atoms with Gasteiger partial charge in [-0.1, -0.05) is 24.1 Å². The molecule has 8 heteroatoms. The summed E-state index contributed by atoms with van der Waals surface area (Å²) in [5.41, 5.74) is 2.31. The van der Waals surface area contributed by atoms with Gasteiger partial charge in [-0.2, -0.15) is 13.2 Å². The molecule has 0 bridgehead atoms. The summed E-state index contributed by atoms with van der Waals surface area (Å²) in [7, 11) is 0. The number of alkyl halides is 3. The van der Waals surface area contributed by atoms with Gasteiger partial charge in [-0.15, -0.1) is 0 Å². The number of nitrogens with zero attached hydrogens (tertiary/aromatic N) is 1. The summed E-state index contributed by atoms with van der Waals surface area (Å²) >= 11 is 0. The van der Waals surface area contributed by atoms with E-state index in [-0.39, 0.29) is 17.9 Å². The number of piperidine rings is 1. The van der Waals surface area contributed by atoms with Gasteiger partial charge >= 0.3 is 12.1 Å². The topological polar surface area (TPSA) is 69.6 Å². The van der Waals surface area contributed by atoms with Crippen molar-refractivity contribution in [3.05, 3.63) is 64.7 Å². The molecule has 2 aromatic rings. The molecule has 1 unspecified atom stereocenters. The molecule has 4 rings (SSSR count). The highest BCUT2D eigenvalue weighted by molar-refractivity contribution is 5.89. The number of carbonyl (C=O) groups excluding carboxylic acids is 1. The third-order valence-corrected chi connectivity index (χ3v) is 7.69. The summed E-state index contributed by atoms with van der Waals surface area (Å²) in [5.74, 6) is -0.639. The van der Waals surface area contributed by atoms with Crippen LogP contribution in [0.4, 0.5) is 18.9 Å². The summed E-state index contributed by atoms with van der Waals surface area (Å²) in [4.78, 5) is 26.6. The highest BCUT2D eigenvalue weighted by Gasteiger charge is 2.33. The van der Waals surface area contributed by atoms with E-state index in [1.54, 1.807) is 6.07 Å². The molecule has 2 N–H and O–H groups in total. The minimum absolute atomic E-state index is 0.0562. The smallest absolute Gasteiger partial charge is 0.416 e. The number of aryl methyl sites for hydroxylation is 2.